The molecule has 0 aliphatic rings. The molecule has 0 aliphatic carbocycles. The van der Waals surface area contributed by atoms with Gasteiger partial charge in [-0.1, -0.05) is 75.1 Å². The van der Waals surface area contributed by atoms with Crippen LogP contribution in [0, 0.1) is 5.92 Å². The topological polar surface area (TPSA) is 26.3 Å². The Labute approximate surface area is 123 Å². The monoisotopic (exact) mass is 290 g/mol. The summed E-state index contributed by atoms with van der Waals surface area (Å²) in [5, 5.41) is 1.40. The second kappa shape index (κ2) is 7.43. The number of hydrogen-bond donors (Lipinski definition) is 0. The van der Waals surface area contributed by atoms with Crippen LogP contribution >= 0.6 is 0 Å². The standard InChI is InChI=1S/C17H26O2Si/c1-6-12-19-17(18)13-16(14(2)3)20(4,5)15-10-8-7-9-11-15/h6-11,14,16H,1,12-13H2,2-5H3. The minimum absolute atomic E-state index is 0.111. The van der Waals surface area contributed by atoms with Gasteiger partial charge in [0.1, 0.15) is 6.61 Å². The first-order valence-electron chi connectivity index (χ1n) is 7.21. The highest BCUT2D eigenvalue weighted by Gasteiger charge is 2.37. The van der Waals surface area contributed by atoms with Gasteiger partial charge in [0.2, 0.25) is 0 Å². The summed E-state index contributed by atoms with van der Waals surface area (Å²) in [6.07, 6.45) is 2.11. The summed E-state index contributed by atoms with van der Waals surface area (Å²) in [4.78, 5) is 11.9. The molecule has 20 heavy (non-hydrogen) atoms. The van der Waals surface area contributed by atoms with Gasteiger partial charge in [-0.2, -0.15) is 0 Å². The third-order valence-corrected chi connectivity index (χ3v) is 8.54. The van der Waals surface area contributed by atoms with Gasteiger partial charge in [0.25, 0.3) is 0 Å². The molecule has 1 unspecified atom stereocenters. The molecule has 0 heterocycles. The predicted molar refractivity (Wildman–Crippen MR) is 87.9 cm³/mol. The summed E-state index contributed by atoms with van der Waals surface area (Å²) in [6.45, 7) is 13.0. The van der Waals surface area contributed by atoms with Gasteiger partial charge in [0.15, 0.2) is 0 Å². The van der Waals surface area contributed by atoms with Crippen LogP contribution in [0.25, 0.3) is 0 Å². The Balaban J connectivity index is 2.90. The highest BCUT2D eigenvalue weighted by Crippen LogP contribution is 2.33. The number of esters is 1. The van der Waals surface area contributed by atoms with Crippen molar-refractivity contribution in [3.8, 4) is 0 Å². The van der Waals surface area contributed by atoms with Crippen LogP contribution in [-0.4, -0.2) is 20.7 Å². The first-order valence-corrected chi connectivity index (χ1v) is 10.3. The van der Waals surface area contributed by atoms with Crippen molar-refractivity contribution in [3.05, 3.63) is 43.0 Å². The normalized spacial score (nSPS) is 13.1. The van der Waals surface area contributed by atoms with Crippen LogP contribution in [0.15, 0.2) is 43.0 Å². The lowest BCUT2D eigenvalue weighted by molar-refractivity contribution is -0.142. The Morgan fingerprint density at radius 3 is 2.40 bits per heavy atom. The van der Waals surface area contributed by atoms with Crippen molar-refractivity contribution in [2.75, 3.05) is 6.61 Å². The van der Waals surface area contributed by atoms with Crippen LogP contribution in [0.3, 0.4) is 0 Å². The molecule has 0 radical (unpaired) electrons. The molecule has 110 valence electrons. The summed E-state index contributed by atoms with van der Waals surface area (Å²) in [5.74, 6) is 0.355. The van der Waals surface area contributed by atoms with E-state index in [4.69, 9.17) is 4.74 Å². The quantitative estimate of drug-likeness (QED) is 0.434. The molecule has 1 aromatic carbocycles. The predicted octanol–water partition coefficient (Wildman–Crippen LogP) is 3.75. The number of benzene rings is 1. The van der Waals surface area contributed by atoms with Gasteiger partial charge in [0, 0.05) is 6.42 Å². The molecule has 0 saturated heterocycles. The van der Waals surface area contributed by atoms with Gasteiger partial charge in [0.05, 0.1) is 8.07 Å². The largest absolute Gasteiger partial charge is 0.461 e. The van der Waals surface area contributed by atoms with Crippen LogP contribution < -0.4 is 5.19 Å². The van der Waals surface area contributed by atoms with Gasteiger partial charge in [-0.3, -0.25) is 4.79 Å². The average Bonchev–Trinajstić information content (AvgIpc) is 2.43. The molecule has 0 fully saturated rings. The van der Waals surface area contributed by atoms with Gasteiger partial charge in [-0.15, -0.1) is 0 Å². The fraction of sp³-hybridized carbons (Fsp3) is 0.471. The molecule has 0 aliphatic heterocycles. The van der Waals surface area contributed by atoms with Crippen LogP contribution in [0.2, 0.25) is 18.6 Å². The summed E-state index contributed by atoms with van der Waals surface area (Å²) < 4.78 is 5.17. The fourth-order valence-electron chi connectivity index (χ4n) is 2.80. The Kier molecular flexibility index (Phi) is 6.21. The number of carbonyl (C=O) groups is 1. The van der Waals surface area contributed by atoms with E-state index in [2.05, 4.69) is 57.8 Å². The van der Waals surface area contributed by atoms with Crippen molar-refractivity contribution in [1.29, 1.82) is 0 Å². The van der Waals surface area contributed by atoms with Crippen molar-refractivity contribution >= 4 is 19.2 Å². The van der Waals surface area contributed by atoms with Crippen molar-refractivity contribution in [2.24, 2.45) is 5.92 Å². The Morgan fingerprint density at radius 1 is 1.30 bits per heavy atom. The molecule has 3 heteroatoms. The molecular weight excluding hydrogens is 264 g/mol. The van der Waals surface area contributed by atoms with E-state index < -0.39 is 8.07 Å². The highest BCUT2D eigenvalue weighted by molar-refractivity contribution is 6.91. The SMILES string of the molecule is C=CCOC(=O)CC(C(C)C)[Si](C)(C)c1ccccc1. The van der Waals surface area contributed by atoms with E-state index in [1.54, 1.807) is 6.08 Å². The second-order valence-electron chi connectivity index (χ2n) is 6.11. The summed E-state index contributed by atoms with van der Waals surface area (Å²) >= 11 is 0. The lowest BCUT2D eigenvalue weighted by Crippen LogP contribution is -2.48. The van der Waals surface area contributed by atoms with Crippen LogP contribution in [-0.2, 0) is 9.53 Å². The maximum atomic E-state index is 11.9. The minimum Gasteiger partial charge on any atom is -0.461 e. The number of carbonyl (C=O) groups excluding carboxylic acids is 1. The molecule has 0 N–H and O–H groups in total. The zero-order valence-electron chi connectivity index (χ0n) is 13.1. The fourth-order valence-corrected chi connectivity index (χ4v) is 6.62. The summed E-state index contributed by atoms with van der Waals surface area (Å²) in [6, 6.07) is 10.6. The van der Waals surface area contributed by atoms with Gasteiger partial charge >= 0.3 is 5.97 Å². The van der Waals surface area contributed by atoms with E-state index in [-0.39, 0.29) is 5.97 Å². The number of ether oxygens (including phenoxy) is 1. The first kappa shape index (κ1) is 16.7. The van der Waals surface area contributed by atoms with Crippen molar-refractivity contribution in [1.82, 2.24) is 0 Å². The molecule has 0 saturated carbocycles. The van der Waals surface area contributed by atoms with Gasteiger partial charge in [-0.25, -0.2) is 0 Å². The Bertz CT molecular complexity index is 438. The number of hydrogen-bond acceptors (Lipinski definition) is 2. The number of rotatable bonds is 7. The molecule has 2 nitrogen and oxygen atoms in total. The molecule has 0 aromatic heterocycles. The zero-order chi connectivity index (χ0) is 15.2. The summed E-state index contributed by atoms with van der Waals surface area (Å²) in [5.41, 5.74) is 0.377. The smallest absolute Gasteiger partial charge is 0.306 e. The van der Waals surface area contributed by atoms with Crippen molar-refractivity contribution in [3.63, 3.8) is 0 Å². The van der Waals surface area contributed by atoms with Crippen molar-refractivity contribution in [2.45, 2.75) is 38.9 Å². The van der Waals surface area contributed by atoms with E-state index >= 15 is 0 Å². The average molecular weight is 290 g/mol. The minimum atomic E-state index is -1.70. The molecule has 0 amide bonds. The maximum Gasteiger partial charge on any atom is 0.306 e. The maximum absolute atomic E-state index is 11.9. The van der Waals surface area contributed by atoms with E-state index in [9.17, 15) is 4.79 Å². The van der Waals surface area contributed by atoms with E-state index in [1.807, 2.05) is 6.07 Å². The zero-order valence-corrected chi connectivity index (χ0v) is 14.1. The van der Waals surface area contributed by atoms with E-state index in [1.165, 1.54) is 5.19 Å². The van der Waals surface area contributed by atoms with Crippen molar-refractivity contribution < 1.29 is 9.53 Å². The third-order valence-electron chi connectivity index (χ3n) is 4.00. The van der Waals surface area contributed by atoms with Crippen LogP contribution in [0.5, 0.6) is 0 Å². The second-order valence-corrected chi connectivity index (χ2v) is 10.9. The molecule has 1 aromatic rings. The van der Waals surface area contributed by atoms with Crippen LogP contribution in [0.4, 0.5) is 0 Å². The van der Waals surface area contributed by atoms with E-state index in [0.717, 1.165) is 0 Å². The molecule has 1 rings (SSSR count). The Hall–Kier alpha value is -1.35. The van der Waals surface area contributed by atoms with E-state index in [0.29, 0.717) is 24.5 Å². The first-order chi connectivity index (χ1) is 9.39. The van der Waals surface area contributed by atoms with Gasteiger partial charge < -0.3 is 4.74 Å². The molecular formula is C17H26O2Si. The molecule has 0 spiro atoms. The Morgan fingerprint density at radius 2 is 1.90 bits per heavy atom. The molecule has 0 bridgehead atoms. The van der Waals surface area contributed by atoms with Gasteiger partial charge in [-0.05, 0) is 11.5 Å². The summed E-state index contributed by atoms with van der Waals surface area (Å²) in [7, 11) is -1.70. The lowest BCUT2D eigenvalue weighted by atomic mass is 10.1. The lowest BCUT2D eigenvalue weighted by Gasteiger charge is -2.35. The molecule has 1 atom stereocenters. The highest BCUT2D eigenvalue weighted by atomic mass is 28.3. The third kappa shape index (κ3) is 4.34. The van der Waals surface area contributed by atoms with Crippen LogP contribution in [0.1, 0.15) is 20.3 Å².